The van der Waals surface area contributed by atoms with Gasteiger partial charge in [-0.25, -0.2) is 4.98 Å². The molecule has 3 heterocycles. The fourth-order valence-corrected chi connectivity index (χ4v) is 3.07. The first-order valence-corrected chi connectivity index (χ1v) is 8.56. The van der Waals surface area contributed by atoms with Gasteiger partial charge in [-0.3, -0.25) is 9.59 Å². The van der Waals surface area contributed by atoms with Crippen molar-refractivity contribution in [1.29, 1.82) is 0 Å². The van der Waals surface area contributed by atoms with E-state index >= 15 is 0 Å². The SMILES string of the molecule is Cc1cc(C(=O)N2CCNC(=O)CC2)c2c(CC(C)(C)C)noc2n1. The van der Waals surface area contributed by atoms with E-state index in [1.54, 1.807) is 11.0 Å². The van der Waals surface area contributed by atoms with E-state index in [0.717, 1.165) is 5.69 Å². The van der Waals surface area contributed by atoms with E-state index in [1.807, 2.05) is 6.92 Å². The summed E-state index contributed by atoms with van der Waals surface area (Å²) >= 11 is 0. The number of amides is 2. The summed E-state index contributed by atoms with van der Waals surface area (Å²) in [6.45, 7) is 9.54. The van der Waals surface area contributed by atoms with Crippen LogP contribution in [-0.4, -0.2) is 46.5 Å². The van der Waals surface area contributed by atoms with Gasteiger partial charge in [-0.1, -0.05) is 25.9 Å². The largest absolute Gasteiger partial charge is 0.354 e. The quantitative estimate of drug-likeness (QED) is 0.901. The zero-order chi connectivity index (χ0) is 18.2. The zero-order valence-electron chi connectivity index (χ0n) is 15.2. The number of carbonyl (C=O) groups excluding carboxylic acids is 2. The standard InChI is InChI=1S/C18H24N4O3/c1-11-9-12(17(24)22-7-5-14(23)19-6-8-22)15-13(10-18(2,3)4)21-25-16(15)20-11/h9H,5-8,10H2,1-4H3,(H,19,23). The smallest absolute Gasteiger partial charge is 0.258 e. The van der Waals surface area contributed by atoms with Gasteiger partial charge < -0.3 is 14.7 Å². The molecule has 1 aliphatic heterocycles. The second-order valence-corrected chi connectivity index (χ2v) is 7.75. The third-order valence-electron chi connectivity index (χ3n) is 4.17. The van der Waals surface area contributed by atoms with Crippen molar-refractivity contribution in [2.75, 3.05) is 19.6 Å². The minimum absolute atomic E-state index is 0.00789. The average Bonchev–Trinajstić information content (AvgIpc) is 2.76. The molecule has 7 nitrogen and oxygen atoms in total. The number of rotatable bonds is 2. The second-order valence-electron chi connectivity index (χ2n) is 7.75. The molecule has 1 saturated heterocycles. The van der Waals surface area contributed by atoms with Crippen LogP contribution in [0.4, 0.5) is 0 Å². The molecule has 2 aromatic rings. The van der Waals surface area contributed by atoms with Crippen LogP contribution in [0.15, 0.2) is 10.6 Å². The van der Waals surface area contributed by atoms with Gasteiger partial charge in [0.1, 0.15) is 0 Å². The first-order valence-electron chi connectivity index (χ1n) is 8.56. The van der Waals surface area contributed by atoms with Crippen LogP contribution in [0, 0.1) is 12.3 Å². The van der Waals surface area contributed by atoms with Gasteiger partial charge in [0.05, 0.1) is 16.6 Å². The van der Waals surface area contributed by atoms with Crippen LogP contribution >= 0.6 is 0 Å². The number of hydrogen-bond acceptors (Lipinski definition) is 5. The number of aromatic nitrogens is 2. The predicted molar refractivity (Wildman–Crippen MR) is 93.2 cm³/mol. The highest BCUT2D eigenvalue weighted by Gasteiger charge is 2.26. The Morgan fingerprint density at radius 2 is 2.12 bits per heavy atom. The van der Waals surface area contributed by atoms with Gasteiger partial charge in [-0.2, -0.15) is 0 Å². The van der Waals surface area contributed by atoms with Crippen molar-refractivity contribution in [3.8, 4) is 0 Å². The molecule has 1 N–H and O–H groups in total. The molecule has 25 heavy (non-hydrogen) atoms. The summed E-state index contributed by atoms with van der Waals surface area (Å²) in [7, 11) is 0. The second kappa shape index (κ2) is 6.46. The highest BCUT2D eigenvalue weighted by molar-refractivity contribution is 6.06. The summed E-state index contributed by atoms with van der Waals surface area (Å²) in [5, 5.41) is 7.65. The molecular weight excluding hydrogens is 320 g/mol. The summed E-state index contributed by atoms with van der Waals surface area (Å²) in [4.78, 5) is 30.8. The van der Waals surface area contributed by atoms with Gasteiger partial charge >= 0.3 is 0 Å². The molecular formula is C18H24N4O3. The van der Waals surface area contributed by atoms with E-state index in [4.69, 9.17) is 4.52 Å². The maximum Gasteiger partial charge on any atom is 0.258 e. The Labute approximate surface area is 146 Å². The Morgan fingerprint density at radius 3 is 2.84 bits per heavy atom. The van der Waals surface area contributed by atoms with Crippen LogP contribution in [0.3, 0.4) is 0 Å². The molecule has 0 aromatic carbocycles. The zero-order valence-corrected chi connectivity index (χ0v) is 15.2. The number of hydrogen-bond donors (Lipinski definition) is 1. The summed E-state index contributed by atoms with van der Waals surface area (Å²) in [6, 6.07) is 1.79. The van der Waals surface area contributed by atoms with Crippen LogP contribution in [0.1, 0.15) is 48.9 Å². The number of fused-ring (bicyclic) bond motifs is 1. The molecule has 7 heteroatoms. The molecule has 1 fully saturated rings. The highest BCUT2D eigenvalue weighted by Crippen LogP contribution is 2.29. The summed E-state index contributed by atoms with van der Waals surface area (Å²) in [5.74, 6) is -0.130. The number of carbonyl (C=O) groups is 2. The Kier molecular flexibility index (Phi) is 4.49. The van der Waals surface area contributed by atoms with Crippen molar-refractivity contribution in [1.82, 2.24) is 20.4 Å². The lowest BCUT2D eigenvalue weighted by atomic mass is 9.89. The van der Waals surface area contributed by atoms with Crippen molar-refractivity contribution < 1.29 is 14.1 Å². The van der Waals surface area contributed by atoms with E-state index < -0.39 is 0 Å². The number of aryl methyl sites for hydroxylation is 1. The predicted octanol–water partition coefficient (Wildman–Crippen LogP) is 2.08. The Balaban J connectivity index is 2.03. The molecule has 0 aliphatic carbocycles. The first kappa shape index (κ1) is 17.4. The molecule has 0 spiro atoms. The lowest BCUT2D eigenvalue weighted by Gasteiger charge is -2.21. The summed E-state index contributed by atoms with van der Waals surface area (Å²) in [6.07, 6.45) is 1.00. The molecule has 3 rings (SSSR count). The molecule has 2 amide bonds. The Morgan fingerprint density at radius 1 is 1.36 bits per heavy atom. The maximum atomic E-state index is 13.1. The monoisotopic (exact) mass is 344 g/mol. The molecule has 2 aromatic heterocycles. The van der Waals surface area contributed by atoms with Crippen LogP contribution in [-0.2, 0) is 11.2 Å². The topological polar surface area (TPSA) is 88.3 Å². The number of nitrogens with one attached hydrogen (secondary N) is 1. The van der Waals surface area contributed by atoms with Crippen LogP contribution in [0.5, 0.6) is 0 Å². The van der Waals surface area contributed by atoms with E-state index in [9.17, 15) is 9.59 Å². The minimum atomic E-state index is -0.106. The van der Waals surface area contributed by atoms with Gasteiger partial charge in [-0.15, -0.1) is 0 Å². The number of nitrogens with zero attached hydrogens (tertiary/aromatic N) is 3. The van der Waals surface area contributed by atoms with Crippen molar-refractivity contribution in [3.05, 3.63) is 23.0 Å². The van der Waals surface area contributed by atoms with Gasteiger partial charge in [0.15, 0.2) is 0 Å². The molecule has 0 unspecified atom stereocenters. The third kappa shape index (κ3) is 3.81. The summed E-state index contributed by atoms with van der Waals surface area (Å²) < 4.78 is 5.40. The minimum Gasteiger partial charge on any atom is -0.354 e. The van der Waals surface area contributed by atoms with Crippen molar-refractivity contribution in [2.24, 2.45) is 5.41 Å². The molecule has 0 radical (unpaired) electrons. The first-order chi connectivity index (χ1) is 11.7. The van der Waals surface area contributed by atoms with Gasteiger partial charge in [0, 0.05) is 31.7 Å². The van der Waals surface area contributed by atoms with Gasteiger partial charge in [0.25, 0.3) is 11.6 Å². The van der Waals surface area contributed by atoms with Crippen LogP contribution < -0.4 is 5.32 Å². The van der Waals surface area contributed by atoms with Crippen LogP contribution in [0.2, 0.25) is 0 Å². The lowest BCUT2D eigenvalue weighted by Crippen LogP contribution is -2.34. The molecule has 0 bridgehead atoms. The highest BCUT2D eigenvalue weighted by atomic mass is 16.5. The van der Waals surface area contributed by atoms with E-state index in [-0.39, 0.29) is 17.2 Å². The summed E-state index contributed by atoms with van der Waals surface area (Å²) in [5.41, 5.74) is 2.41. The van der Waals surface area contributed by atoms with E-state index in [1.165, 1.54) is 0 Å². The Hall–Kier alpha value is -2.44. The molecule has 0 saturated carbocycles. The normalized spacial score (nSPS) is 16.0. The molecule has 1 aliphatic rings. The maximum absolute atomic E-state index is 13.1. The molecule has 134 valence electrons. The number of pyridine rings is 1. The Bertz CT molecular complexity index is 820. The third-order valence-corrected chi connectivity index (χ3v) is 4.17. The average molecular weight is 344 g/mol. The van der Waals surface area contributed by atoms with Crippen molar-refractivity contribution in [3.63, 3.8) is 0 Å². The van der Waals surface area contributed by atoms with Crippen molar-refractivity contribution in [2.45, 2.75) is 40.5 Å². The van der Waals surface area contributed by atoms with Crippen molar-refractivity contribution >= 4 is 22.9 Å². The van der Waals surface area contributed by atoms with E-state index in [2.05, 4.69) is 36.2 Å². The van der Waals surface area contributed by atoms with Crippen LogP contribution in [0.25, 0.3) is 11.1 Å². The van der Waals surface area contributed by atoms with Gasteiger partial charge in [-0.05, 0) is 24.8 Å². The van der Waals surface area contributed by atoms with Gasteiger partial charge in [0.2, 0.25) is 5.91 Å². The van der Waals surface area contributed by atoms with E-state index in [0.29, 0.717) is 54.8 Å². The lowest BCUT2D eigenvalue weighted by molar-refractivity contribution is -0.120. The molecule has 0 atom stereocenters. The fourth-order valence-electron chi connectivity index (χ4n) is 3.07. The fraction of sp³-hybridized carbons (Fsp3) is 0.556.